The molecule has 11 nitrogen and oxygen atoms in total. The van der Waals surface area contributed by atoms with E-state index >= 15 is 0 Å². The van der Waals surface area contributed by atoms with Crippen LogP contribution in [0.1, 0.15) is 27.2 Å². The number of hydrogen-bond acceptors (Lipinski definition) is 9. The van der Waals surface area contributed by atoms with Crippen molar-refractivity contribution in [1.82, 2.24) is 24.6 Å². The summed E-state index contributed by atoms with van der Waals surface area (Å²) in [7, 11) is -1.54. The molecule has 0 fully saturated rings. The molecule has 1 aromatic carbocycles. The van der Waals surface area contributed by atoms with Gasteiger partial charge in [-0.25, -0.2) is 9.97 Å². The highest BCUT2D eigenvalue weighted by Crippen LogP contribution is 2.26. The number of benzene rings is 1. The monoisotopic (exact) mass is 445 g/mol. The first-order valence-electron chi connectivity index (χ1n) is 10.3. The predicted octanol–water partition coefficient (Wildman–Crippen LogP) is -0.350. The molecular formula is C21H20BN7O4. The summed E-state index contributed by atoms with van der Waals surface area (Å²) < 4.78 is 7.21. The fourth-order valence-corrected chi connectivity index (χ4v) is 3.81. The molecule has 0 aliphatic carbocycles. The van der Waals surface area contributed by atoms with Crippen molar-refractivity contribution < 1.29 is 19.6 Å². The summed E-state index contributed by atoms with van der Waals surface area (Å²) in [6.45, 7) is 1.32. The maximum absolute atomic E-state index is 11.7. The number of anilines is 1. The van der Waals surface area contributed by atoms with Crippen molar-refractivity contribution in [2.24, 2.45) is 5.73 Å². The Morgan fingerprint density at radius 3 is 2.91 bits per heavy atom. The number of pyridine rings is 1. The molecule has 3 aromatic heterocycles. The van der Waals surface area contributed by atoms with Crippen LogP contribution in [0.15, 0.2) is 42.6 Å². The number of fused-ring (bicyclic) bond motifs is 2. The molecule has 0 unspecified atom stereocenters. The third kappa shape index (κ3) is 4.02. The minimum absolute atomic E-state index is 0.252. The van der Waals surface area contributed by atoms with Crippen molar-refractivity contribution in [3.05, 3.63) is 65.0 Å². The Morgan fingerprint density at radius 1 is 1.21 bits per heavy atom. The molecule has 1 aliphatic heterocycles. The standard InChI is InChI=1S/C21H20BN7O4/c23-17(30)15-5-2-7-29-20(15)27-28-21(29)19-25-16-11-33-8-6-14(16)18(26-19)24-10-12-3-1-4-13(9-12)22(31)32/h1-5,7,9,31-32H,6,8,10-11H2,(H2,23,30)(H,24,25,26). The number of hydrogen-bond donors (Lipinski definition) is 4. The number of aromatic nitrogens is 5. The van der Waals surface area contributed by atoms with Crippen LogP contribution in [0.4, 0.5) is 5.82 Å². The lowest BCUT2D eigenvalue weighted by molar-refractivity contribution is 0.100. The first-order chi connectivity index (χ1) is 16.0. The minimum atomic E-state index is -1.54. The average Bonchev–Trinajstić information content (AvgIpc) is 3.26. The van der Waals surface area contributed by atoms with E-state index in [2.05, 4.69) is 20.5 Å². The molecular weight excluding hydrogens is 425 g/mol. The van der Waals surface area contributed by atoms with E-state index in [-0.39, 0.29) is 5.56 Å². The molecule has 166 valence electrons. The Hall–Kier alpha value is -3.87. The van der Waals surface area contributed by atoms with E-state index in [1.807, 2.05) is 6.07 Å². The van der Waals surface area contributed by atoms with Gasteiger partial charge in [0.05, 0.1) is 24.5 Å². The zero-order chi connectivity index (χ0) is 22.9. The molecule has 0 saturated heterocycles. The van der Waals surface area contributed by atoms with E-state index in [0.717, 1.165) is 16.8 Å². The van der Waals surface area contributed by atoms with Gasteiger partial charge < -0.3 is 25.8 Å². The molecule has 0 saturated carbocycles. The molecule has 33 heavy (non-hydrogen) atoms. The Bertz CT molecular complexity index is 1360. The van der Waals surface area contributed by atoms with Crippen molar-refractivity contribution in [3.63, 3.8) is 0 Å². The van der Waals surface area contributed by atoms with Crippen molar-refractivity contribution in [2.45, 2.75) is 19.6 Å². The smallest absolute Gasteiger partial charge is 0.423 e. The predicted molar refractivity (Wildman–Crippen MR) is 119 cm³/mol. The van der Waals surface area contributed by atoms with Gasteiger partial charge in [-0.05, 0) is 23.2 Å². The number of nitrogens with one attached hydrogen (secondary N) is 1. The number of ether oxygens (including phenoxy) is 1. The molecule has 0 atom stereocenters. The van der Waals surface area contributed by atoms with Crippen LogP contribution in [-0.4, -0.2) is 54.2 Å². The Labute approximate surface area is 188 Å². The van der Waals surface area contributed by atoms with Gasteiger partial charge in [-0.1, -0.05) is 24.3 Å². The van der Waals surface area contributed by atoms with Crippen LogP contribution in [0.5, 0.6) is 0 Å². The summed E-state index contributed by atoms with van der Waals surface area (Å²) in [5.41, 5.74) is 9.01. The molecule has 4 heterocycles. The van der Waals surface area contributed by atoms with Crippen LogP contribution in [-0.2, 0) is 24.3 Å². The number of carbonyl (C=O) groups excluding carboxylic acids is 1. The van der Waals surface area contributed by atoms with Crippen LogP contribution in [0.2, 0.25) is 0 Å². The van der Waals surface area contributed by atoms with Gasteiger partial charge in [-0.2, -0.15) is 0 Å². The summed E-state index contributed by atoms with van der Waals surface area (Å²) in [5, 5.41) is 30.5. The quantitative estimate of drug-likeness (QED) is 0.291. The number of amides is 1. The SMILES string of the molecule is NC(=O)c1cccn2c(-c3nc4c(c(NCc5cccc(B(O)O)c5)n3)CCOC4)nnc12. The van der Waals surface area contributed by atoms with E-state index in [9.17, 15) is 14.8 Å². The lowest BCUT2D eigenvalue weighted by atomic mass is 9.79. The second-order valence-electron chi connectivity index (χ2n) is 7.60. The number of rotatable bonds is 6. The normalized spacial score (nSPS) is 13.0. The zero-order valence-corrected chi connectivity index (χ0v) is 17.5. The van der Waals surface area contributed by atoms with Gasteiger partial charge in [0.2, 0.25) is 11.6 Å². The van der Waals surface area contributed by atoms with E-state index < -0.39 is 13.0 Å². The maximum atomic E-state index is 11.7. The topological polar surface area (TPSA) is 161 Å². The second kappa shape index (κ2) is 8.58. The van der Waals surface area contributed by atoms with E-state index in [1.165, 1.54) is 0 Å². The first-order valence-corrected chi connectivity index (χ1v) is 10.3. The van der Waals surface area contributed by atoms with Crippen LogP contribution < -0.4 is 16.5 Å². The number of carbonyl (C=O) groups is 1. The summed E-state index contributed by atoms with van der Waals surface area (Å²) >= 11 is 0. The van der Waals surface area contributed by atoms with Crippen molar-refractivity contribution in [2.75, 3.05) is 11.9 Å². The van der Waals surface area contributed by atoms with Crippen molar-refractivity contribution in [3.8, 4) is 11.6 Å². The first kappa shape index (κ1) is 21.0. The summed E-state index contributed by atoms with van der Waals surface area (Å²) in [4.78, 5) is 21.1. The minimum Gasteiger partial charge on any atom is -0.423 e. The molecule has 0 bridgehead atoms. The van der Waals surface area contributed by atoms with Crippen molar-refractivity contribution >= 4 is 30.0 Å². The largest absolute Gasteiger partial charge is 0.488 e. The van der Waals surface area contributed by atoms with Crippen molar-refractivity contribution in [1.29, 1.82) is 0 Å². The summed E-state index contributed by atoms with van der Waals surface area (Å²) in [6, 6.07) is 10.3. The third-order valence-corrected chi connectivity index (χ3v) is 5.44. The summed E-state index contributed by atoms with van der Waals surface area (Å²) in [5.74, 6) is 0.735. The number of nitrogens with two attached hydrogens (primary N) is 1. The van der Waals surface area contributed by atoms with Gasteiger partial charge in [-0.15, -0.1) is 10.2 Å². The molecule has 4 aromatic rings. The fraction of sp³-hybridized carbons (Fsp3) is 0.190. The van der Waals surface area contributed by atoms with Crippen LogP contribution >= 0.6 is 0 Å². The number of primary amides is 1. The molecule has 12 heteroatoms. The van der Waals surface area contributed by atoms with E-state index in [1.54, 1.807) is 40.9 Å². The Kier molecular flexibility index (Phi) is 5.46. The van der Waals surface area contributed by atoms with Crippen LogP contribution in [0, 0.1) is 0 Å². The fourth-order valence-electron chi connectivity index (χ4n) is 3.81. The average molecular weight is 445 g/mol. The van der Waals surface area contributed by atoms with Gasteiger partial charge in [-0.3, -0.25) is 9.20 Å². The molecule has 0 spiro atoms. The van der Waals surface area contributed by atoms with Crippen LogP contribution in [0.25, 0.3) is 17.3 Å². The second-order valence-corrected chi connectivity index (χ2v) is 7.60. The zero-order valence-electron chi connectivity index (χ0n) is 17.5. The highest BCUT2D eigenvalue weighted by atomic mass is 16.5. The van der Waals surface area contributed by atoms with E-state index in [0.29, 0.717) is 54.8 Å². The molecule has 1 amide bonds. The molecule has 5 rings (SSSR count). The highest BCUT2D eigenvalue weighted by Gasteiger charge is 2.22. The molecule has 5 N–H and O–H groups in total. The van der Waals surface area contributed by atoms with Gasteiger partial charge in [0.1, 0.15) is 5.82 Å². The lowest BCUT2D eigenvalue weighted by Crippen LogP contribution is -2.30. The van der Waals surface area contributed by atoms with Gasteiger partial charge >= 0.3 is 7.12 Å². The van der Waals surface area contributed by atoms with Gasteiger partial charge in [0.15, 0.2) is 5.65 Å². The number of nitrogens with zero attached hydrogens (tertiary/aromatic N) is 5. The molecule has 1 aliphatic rings. The Balaban J connectivity index is 1.54. The molecule has 0 radical (unpaired) electrons. The lowest BCUT2D eigenvalue weighted by Gasteiger charge is -2.20. The maximum Gasteiger partial charge on any atom is 0.488 e. The highest BCUT2D eigenvalue weighted by molar-refractivity contribution is 6.58. The van der Waals surface area contributed by atoms with Gasteiger partial charge in [0.25, 0.3) is 5.91 Å². The summed E-state index contributed by atoms with van der Waals surface area (Å²) in [6.07, 6.45) is 2.37. The van der Waals surface area contributed by atoms with Gasteiger partial charge in [0, 0.05) is 24.7 Å². The Morgan fingerprint density at radius 2 is 2.09 bits per heavy atom. The van der Waals surface area contributed by atoms with Crippen LogP contribution in [0.3, 0.4) is 0 Å². The third-order valence-electron chi connectivity index (χ3n) is 5.44. The van der Waals surface area contributed by atoms with E-state index in [4.69, 9.17) is 15.5 Å².